The van der Waals surface area contributed by atoms with Crippen LogP contribution in [0.3, 0.4) is 0 Å². The van der Waals surface area contributed by atoms with Gasteiger partial charge in [-0.2, -0.15) is 0 Å². The van der Waals surface area contributed by atoms with Gasteiger partial charge in [0.2, 0.25) is 0 Å². The molecule has 1 heterocycles. The van der Waals surface area contributed by atoms with Crippen molar-refractivity contribution in [3.05, 3.63) is 30.0 Å². The lowest BCUT2D eigenvalue weighted by molar-refractivity contribution is -0.256. The van der Waals surface area contributed by atoms with E-state index in [0.29, 0.717) is 16.7 Å². The van der Waals surface area contributed by atoms with E-state index >= 15 is 0 Å². The Morgan fingerprint density at radius 2 is 2.21 bits per heavy atom. The second kappa shape index (κ2) is 3.06. The lowest BCUT2D eigenvalue weighted by Crippen LogP contribution is -2.21. The zero-order chi connectivity index (χ0) is 10.1. The van der Waals surface area contributed by atoms with Crippen LogP contribution in [0.15, 0.2) is 28.7 Å². The third-order valence-corrected chi connectivity index (χ3v) is 1.92. The number of rotatable bonds is 2. The highest BCUT2D eigenvalue weighted by Gasteiger charge is 2.04. The van der Waals surface area contributed by atoms with Crippen LogP contribution < -0.4 is 9.84 Å². The standard InChI is InChI=1S/C10H8O4/c1-13-7-2-3-8-6(4-7)5-9(14-8)10(11)12/h2-5H,1H3,(H,11,12)/p-1. The first-order chi connectivity index (χ1) is 6.70. The molecular formula is C10H7O4-. The number of hydrogen-bond donors (Lipinski definition) is 0. The van der Waals surface area contributed by atoms with E-state index in [1.165, 1.54) is 6.07 Å². The molecule has 0 N–H and O–H groups in total. The van der Waals surface area contributed by atoms with Gasteiger partial charge in [-0.3, -0.25) is 0 Å². The van der Waals surface area contributed by atoms with Gasteiger partial charge in [0.05, 0.1) is 7.11 Å². The molecule has 1 aromatic heterocycles. The Kier molecular flexibility index (Phi) is 1.89. The third-order valence-electron chi connectivity index (χ3n) is 1.92. The highest BCUT2D eigenvalue weighted by Crippen LogP contribution is 2.23. The molecule has 1 aromatic carbocycles. The zero-order valence-corrected chi connectivity index (χ0v) is 7.44. The molecule has 4 heteroatoms. The third kappa shape index (κ3) is 1.31. The number of carboxylic acids is 1. The van der Waals surface area contributed by atoms with Crippen molar-refractivity contribution in [3.63, 3.8) is 0 Å². The molecule has 0 bridgehead atoms. The van der Waals surface area contributed by atoms with Crippen molar-refractivity contribution in [2.75, 3.05) is 7.11 Å². The molecule has 0 aliphatic carbocycles. The SMILES string of the molecule is COc1ccc2oc(C(=O)[O-])cc2c1. The van der Waals surface area contributed by atoms with E-state index in [-0.39, 0.29) is 5.76 Å². The van der Waals surface area contributed by atoms with Crippen LogP contribution in [0.4, 0.5) is 0 Å². The average molecular weight is 191 g/mol. The number of fused-ring (bicyclic) bond motifs is 1. The second-order valence-electron chi connectivity index (χ2n) is 2.80. The van der Waals surface area contributed by atoms with Crippen molar-refractivity contribution in [2.45, 2.75) is 0 Å². The molecule has 0 spiro atoms. The number of ether oxygens (including phenoxy) is 1. The molecule has 72 valence electrons. The smallest absolute Gasteiger partial charge is 0.150 e. The average Bonchev–Trinajstić information content (AvgIpc) is 2.59. The van der Waals surface area contributed by atoms with Gasteiger partial charge in [0, 0.05) is 5.39 Å². The summed E-state index contributed by atoms with van der Waals surface area (Å²) in [4.78, 5) is 10.5. The number of carboxylic acid groups (broad SMARTS) is 1. The van der Waals surface area contributed by atoms with E-state index in [1.54, 1.807) is 25.3 Å². The van der Waals surface area contributed by atoms with Gasteiger partial charge in [0.15, 0.2) is 5.76 Å². The van der Waals surface area contributed by atoms with Gasteiger partial charge in [-0.25, -0.2) is 0 Å². The zero-order valence-electron chi connectivity index (χ0n) is 7.44. The molecule has 2 rings (SSSR count). The number of hydrogen-bond acceptors (Lipinski definition) is 4. The quantitative estimate of drug-likeness (QED) is 0.704. The van der Waals surface area contributed by atoms with Gasteiger partial charge in [-0.15, -0.1) is 0 Å². The van der Waals surface area contributed by atoms with E-state index < -0.39 is 5.97 Å². The molecule has 0 aliphatic rings. The van der Waals surface area contributed by atoms with Crippen LogP contribution >= 0.6 is 0 Å². The number of aromatic carboxylic acids is 1. The maximum Gasteiger partial charge on any atom is 0.150 e. The highest BCUT2D eigenvalue weighted by atomic mass is 16.5. The minimum absolute atomic E-state index is 0.173. The summed E-state index contributed by atoms with van der Waals surface area (Å²) in [7, 11) is 1.54. The van der Waals surface area contributed by atoms with Crippen LogP contribution in [-0.2, 0) is 0 Å². The van der Waals surface area contributed by atoms with Gasteiger partial charge in [-0.05, 0) is 24.3 Å². The fourth-order valence-electron chi connectivity index (χ4n) is 1.25. The molecule has 14 heavy (non-hydrogen) atoms. The summed E-state index contributed by atoms with van der Waals surface area (Å²) < 4.78 is 10.00. The number of methoxy groups -OCH3 is 1. The Bertz CT molecular complexity index is 484. The van der Waals surface area contributed by atoms with Crippen LogP contribution in [0.1, 0.15) is 10.6 Å². The molecule has 0 unspecified atom stereocenters. The first kappa shape index (κ1) is 8.62. The van der Waals surface area contributed by atoms with Crippen molar-refractivity contribution in [1.82, 2.24) is 0 Å². The summed E-state index contributed by atoms with van der Waals surface area (Å²) in [5, 5.41) is 11.2. The molecule has 4 nitrogen and oxygen atoms in total. The lowest BCUT2D eigenvalue weighted by Gasteiger charge is -1.96. The Hall–Kier alpha value is -1.97. The molecule has 0 radical (unpaired) electrons. The Balaban J connectivity index is 2.60. The predicted octanol–water partition coefficient (Wildman–Crippen LogP) is 0.805. The lowest BCUT2D eigenvalue weighted by atomic mass is 10.2. The fourth-order valence-corrected chi connectivity index (χ4v) is 1.25. The number of benzene rings is 1. The Morgan fingerprint density at radius 1 is 1.43 bits per heavy atom. The van der Waals surface area contributed by atoms with Crippen LogP contribution in [-0.4, -0.2) is 13.1 Å². The van der Waals surface area contributed by atoms with E-state index in [0.717, 1.165) is 0 Å². The largest absolute Gasteiger partial charge is 0.542 e. The van der Waals surface area contributed by atoms with Crippen molar-refractivity contribution < 1.29 is 19.1 Å². The fraction of sp³-hybridized carbons (Fsp3) is 0.100. The van der Waals surface area contributed by atoms with E-state index in [9.17, 15) is 9.90 Å². The summed E-state index contributed by atoms with van der Waals surface area (Å²) in [5.74, 6) is -0.836. The molecule has 0 saturated carbocycles. The van der Waals surface area contributed by atoms with E-state index in [1.807, 2.05) is 0 Å². The minimum Gasteiger partial charge on any atom is -0.542 e. The van der Waals surface area contributed by atoms with Crippen molar-refractivity contribution in [2.24, 2.45) is 0 Å². The molecule has 0 atom stereocenters. The predicted molar refractivity (Wildman–Crippen MR) is 47.1 cm³/mol. The second-order valence-corrected chi connectivity index (χ2v) is 2.80. The molecule has 0 fully saturated rings. The topological polar surface area (TPSA) is 62.5 Å². The van der Waals surface area contributed by atoms with Gasteiger partial charge in [0.1, 0.15) is 17.3 Å². The van der Waals surface area contributed by atoms with Crippen molar-refractivity contribution >= 4 is 16.9 Å². The van der Waals surface area contributed by atoms with Crippen LogP contribution in [0.2, 0.25) is 0 Å². The summed E-state index contributed by atoms with van der Waals surface area (Å²) >= 11 is 0. The van der Waals surface area contributed by atoms with Crippen LogP contribution in [0.25, 0.3) is 11.0 Å². The van der Waals surface area contributed by atoms with Crippen molar-refractivity contribution in [1.29, 1.82) is 0 Å². The van der Waals surface area contributed by atoms with Crippen LogP contribution in [0.5, 0.6) is 5.75 Å². The minimum atomic E-state index is -1.32. The maximum absolute atomic E-state index is 10.5. The molecule has 0 aliphatic heterocycles. The maximum atomic E-state index is 10.5. The summed E-state index contributed by atoms with van der Waals surface area (Å²) in [6, 6.07) is 6.46. The summed E-state index contributed by atoms with van der Waals surface area (Å²) in [6.07, 6.45) is 0. The molecule has 0 amide bonds. The first-order valence-corrected chi connectivity index (χ1v) is 3.99. The Morgan fingerprint density at radius 3 is 2.86 bits per heavy atom. The first-order valence-electron chi connectivity index (χ1n) is 3.99. The number of carbonyl (C=O) groups is 1. The number of carbonyl (C=O) groups excluding carboxylic acids is 1. The molecule has 0 saturated heterocycles. The normalized spacial score (nSPS) is 10.4. The van der Waals surface area contributed by atoms with Crippen molar-refractivity contribution in [3.8, 4) is 5.75 Å². The van der Waals surface area contributed by atoms with Gasteiger partial charge >= 0.3 is 0 Å². The van der Waals surface area contributed by atoms with E-state index in [4.69, 9.17) is 9.15 Å². The van der Waals surface area contributed by atoms with Gasteiger partial charge in [-0.1, -0.05) is 0 Å². The van der Waals surface area contributed by atoms with Gasteiger partial charge < -0.3 is 19.1 Å². The Labute approximate surface area is 79.7 Å². The monoisotopic (exact) mass is 191 g/mol. The molecule has 2 aromatic rings. The summed E-state index contributed by atoms with van der Waals surface area (Å²) in [5.41, 5.74) is 0.505. The number of furan rings is 1. The summed E-state index contributed by atoms with van der Waals surface area (Å²) in [6.45, 7) is 0. The van der Waals surface area contributed by atoms with E-state index in [2.05, 4.69) is 0 Å². The van der Waals surface area contributed by atoms with Crippen LogP contribution in [0, 0.1) is 0 Å². The van der Waals surface area contributed by atoms with Gasteiger partial charge in [0.25, 0.3) is 0 Å². The molecular weight excluding hydrogens is 184 g/mol. The highest BCUT2D eigenvalue weighted by molar-refractivity contribution is 5.90.